The van der Waals surface area contributed by atoms with Gasteiger partial charge in [-0.05, 0) is 102 Å². The molecule has 2 N–H and O–H groups in total. The Balaban J connectivity index is 1.27. The molecule has 272 valence electrons. The maximum Gasteiger partial charge on any atom is 0.241 e. The number of nitrogens with one attached hydrogen (secondary N) is 2. The van der Waals surface area contributed by atoms with Gasteiger partial charge in [-0.3, -0.25) is 0 Å². The fraction of sp³-hybridized carbons (Fsp3) is 0.208. The van der Waals surface area contributed by atoms with Crippen LogP contribution in [0.5, 0.6) is 0 Å². The van der Waals surface area contributed by atoms with Crippen LogP contribution < -0.4 is 20.6 Å². The van der Waals surface area contributed by atoms with Crippen molar-refractivity contribution in [3.63, 3.8) is 0 Å². The Bertz CT molecular complexity index is 2410. The molecule has 4 nitrogen and oxygen atoms in total. The van der Waals surface area contributed by atoms with Gasteiger partial charge in [-0.2, -0.15) is 0 Å². The van der Waals surface area contributed by atoms with Crippen LogP contribution in [0.1, 0.15) is 55.0 Å². The first-order chi connectivity index (χ1) is 26.4. The van der Waals surface area contributed by atoms with E-state index in [4.69, 9.17) is 0 Å². The second-order valence-corrected chi connectivity index (χ2v) is 18.8. The molecule has 1 aliphatic carbocycles. The highest BCUT2D eigenvalue weighted by Crippen LogP contribution is 2.51. The summed E-state index contributed by atoms with van der Waals surface area (Å²) in [5.74, 6) is 0.385. The molecule has 7 aromatic carbocycles. The van der Waals surface area contributed by atoms with Crippen LogP contribution in [0.4, 0.5) is 0 Å². The van der Waals surface area contributed by atoms with Crippen molar-refractivity contribution in [1.29, 1.82) is 0 Å². The van der Waals surface area contributed by atoms with E-state index in [0.717, 1.165) is 51.1 Å². The van der Waals surface area contributed by atoms with Crippen LogP contribution in [0, 0.1) is 12.8 Å². The molecular formula is C48H47N2O2PS. The van der Waals surface area contributed by atoms with Crippen molar-refractivity contribution in [2.75, 3.05) is 0 Å². The van der Waals surface area contributed by atoms with Gasteiger partial charge in [0.15, 0.2) is 0 Å². The molecule has 1 aliphatic rings. The molecule has 0 saturated heterocycles. The van der Waals surface area contributed by atoms with Gasteiger partial charge in [-0.1, -0.05) is 170 Å². The van der Waals surface area contributed by atoms with Crippen molar-refractivity contribution in [1.82, 2.24) is 10.0 Å². The van der Waals surface area contributed by atoms with E-state index in [2.05, 4.69) is 144 Å². The zero-order valence-electron chi connectivity index (χ0n) is 30.8. The van der Waals surface area contributed by atoms with E-state index < -0.39 is 30.0 Å². The maximum atomic E-state index is 14.5. The molecule has 0 bridgehead atoms. The molecule has 7 aromatic rings. The van der Waals surface area contributed by atoms with Crippen LogP contribution in [0.2, 0.25) is 0 Å². The first-order valence-corrected chi connectivity index (χ1v) is 22.0. The van der Waals surface area contributed by atoms with E-state index in [1.54, 1.807) is 12.1 Å². The molecule has 1 saturated carbocycles. The fourth-order valence-corrected chi connectivity index (χ4v) is 13.2. The summed E-state index contributed by atoms with van der Waals surface area (Å²) >= 11 is 0. The average molecular weight is 747 g/mol. The van der Waals surface area contributed by atoms with Gasteiger partial charge in [-0.25, -0.2) is 13.1 Å². The number of fused-ring (bicyclic) bond motifs is 2. The Labute approximate surface area is 321 Å². The molecule has 0 heterocycles. The third-order valence-electron chi connectivity index (χ3n) is 11.3. The molecule has 8 rings (SSSR count). The van der Waals surface area contributed by atoms with Gasteiger partial charge in [-0.15, -0.1) is 0 Å². The van der Waals surface area contributed by atoms with Crippen molar-refractivity contribution < 1.29 is 8.42 Å². The minimum atomic E-state index is -3.94. The average Bonchev–Trinajstić information content (AvgIpc) is 3.69. The molecule has 0 aromatic heterocycles. The van der Waals surface area contributed by atoms with E-state index in [0.29, 0.717) is 11.6 Å². The summed E-state index contributed by atoms with van der Waals surface area (Å²) in [6.45, 7) is 4.31. The lowest BCUT2D eigenvalue weighted by atomic mass is 9.87. The minimum absolute atomic E-state index is 0.0836. The maximum absolute atomic E-state index is 14.5. The summed E-state index contributed by atoms with van der Waals surface area (Å²) in [6, 6.07) is 57.8. The zero-order chi connectivity index (χ0) is 37.1. The molecule has 54 heavy (non-hydrogen) atoms. The summed E-state index contributed by atoms with van der Waals surface area (Å²) < 4.78 is 32.3. The van der Waals surface area contributed by atoms with Crippen molar-refractivity contribution in [3.05, 3.63) is 187 Å². The normalized spacial score (nSPS) is 17.8. The highest BCUT2D eigenvalue weighted by atomic mass is 32.2. The number of aryl methyl sites for hydroxylation is 1. The van der Waals surface area contributed by atoms with Crippen molar-refractivity contribution in [3.8, 4) is 0 Å². The molecule has 0 radical (unpaired) electrons. The van der Waals surface area contributed by atoms with Crippen LogP contribution in [-0.2, 0) is 10.0 Å². The van der Waals surface area contributed by atoms with E-state index >= 15 is 0 Å². The third-order valence-corrected chi connectivity index (χ3v) is 15.8. The molecule has 2 unspecified atom stereocenters. The molecule has 0 spiro atoms. The number of sulfonamides is 1. The minimum Gasteiger partial charge on any atom is -0.305 e. The lowest BCUT2D eigenvalue weighted by molar-refractivity contribution is 0.315. The summed E-state index contributed by atoms with van der Waals surface area (Å²) in [5, 5.41) is 11.4. The molecule has 0 amide bonds. The van der Waals surface area contributed by atoms with E-state index in [1.165, 1.54) is 17.0 Å². The summed E-state index contributed by atoms with van der Waals surface area (Å²) in [5.41, 5.74) is 3.51. The fourth-order valence-electron chi connectivity index (χ4n) is 8.66. The Kier molecular flexibility index (Phi) is 10.8. The van der Waals surface area contributed by atoms with Crippen molar-refractivity contribution in [2.24, 2.45) is 5.92 Å². The SMILES string of the molecule is Cc1ccc(S(=O)(=O)N[C@H](c2cccc3ccccc23)[C@H](N[C@H](C)C2CCCC2P(c2ccccc2)c2ccccc2)c2cccc3ccccc23)cc1. The zero-order valence-corrected chi connectivity index (χ0v) is 32.6. The third kappa shape index (κ3) is 7.52. The van der Waals surface area contributed by atoms with Gasteiger partial charge in [0.1, 0.15) is 0 Å². The van der Waals surface area contributed by atoms with E-state index in [9.17, 15) is 8.42 Å². The van der Waals surface area contributed by atoms with Gasteiger partial charge in [0.2, 0.25) is 10.0 Å². The Hall–Kier alpha value is -4.64. The summed E-state index contributed by atoms with van der Waals surface area (Å²) in [4.78, 5) is 0.260. The molecule has 0 aliphatic heterocycles. The molecule has 1 fully saturated rings. The standard InChI is InChI=1S/C48H47N2O2PS/c1-34-30-32-40(33-31-34)54(51,52)50-48(45-28-14-19-37-17-10-12-25-43(37)45)47(44-27-13-18-36-16-9-11-24-42(36)44)49-35(2)41-26-15-29-46(41)53(38-20-5-3-6-21-38)39-22-7-4-8-23-39/h3-14,16-25,27-28,30-33,35,41,46-50H,15,26,29H2,1-2H3/t35-,41?,46?,47-,48-/m1/s1. The summed E-state index contributed by atoms with van der Waals surface area (Å²) in [6.07, 6.45) is 3.46. The van der Waals surface area contributed by atoms with E-state index in [-0.39, 0.29) is 10.9 Å². The first kappa shape index (κ1) is 36.3. The Morgan fingerprint density at radius 1 is 0.574 bits per heavy atom. The molecule has 5 atom stereocenters. The number of benzene rings is 7. The number of hydrogen-bond donors (Lipinski definition) is 2. The predicted molar refractivity (Wildman–Crippen MR) is 228 cm³/mol. The van der Waals surface area contributed by atoms with Crippen molar-refractivity contribution >= 4 is 50.1 Å². The molecule has 6 heteroatoms. The second-order valence-electron chi connectivity index (χ2n) is 14.7. The Morgan fingerprint density at radius 3 is 1.65 bits per heavy atom. The molecular weight excluding hydrogens is 700 g/mol. The lowest BCUT2D eigenvalue weighted by Crippen LogP contribution is -2.45. The lowest BCUT2D eigenvalue weighted by Gasteiger charge is -2.38. The highest BCUT2D eigenvalue weighted by Gasteiger charge is 2.40. The van der Waals surface area contributed by atoms with E-state index in [1.807, 2.05) is 37.3 Å². The topological polar surface area (TPSA) is 58.2 Å². The number of rotatable bonds is 12. The second kappa shape index (κ2) is 16.0. The van der Waals surface area contributed by atoms with Crippen LogP contribution in [-0.4, -0.2) is 20.1 Å². The quantitative estimate of drug-likeness (QED) is 0.122. The van der Waals surface area contributed by atoms with Crippen molar-refractivity contribution in [2.45, 2.75) is 61.8 Å². The van der Waals surface area contributed by atoms with Crippen LogP contribution in [0.3, 0.4) is 0 Å². The Morgan fingerprint density at radius 2 is 1.07 bits per heavy atom. The van der Waals surface area contributed by atoms with Gasteiger partial charge >= 0.3 is 0 Å². The number of hydrogen-bond acceptors (Lipinski definition) is 3. The van der Waals surface area contributed by atoms with Gasteiger partial charge < -0.3 is 5.32 Å². The highest BCUT2D eigenvalue weighted by molar-refractivity contribution is 7.89. The monoisotopic (exact) mass is 746 g/mol. The van der Waals surface area contributed by atoms with Crippen LogP contribution in [0.25, 0.3) is 21.5 Å². The van der Waals surface area contributed by atoms with Gasteiger partial charge in [0.05, 0.1) is 17.0 Å². The van der Waals surface area contributed by atoms with Gasteiger partial charge in [0, 0.05) is 6.04 Å². The largest absolute Gasteiger partial charge is 0.305 e. The van der Waals surface area contributed by atoms with Gasteiger partial charge in [0.25, 0.3) is 0 Å². The van der Waals surface area contributed by atoms with Crippen LogP contribution >= 0.6 is 7.92 Å². The smallest absolute Gasteiger partial charge is 0.241 e. The van der Waals surface area contributed by atoms with Crippen LogP contribution in [0.15, 0.2) is 175 Å². The first-order valence-electron chi connectivity index (χ1n) is 19.1. The predicted octanol–water partition coefficient (Wildman–Crippen LogP) is 10.3. The summed E-state index contributed by atoms with van der Waals surface area (Å²) in [7, 11) is -4.56.